The van der Waals surface area contributed by atoms with E-state index in [1.54, 1.807) is 13.0 Å². The third-order valence-electron chi connectivity index (χ3n) is 4.52. The van der Waals surface area contributed by atoms with Gasteiger partial charge in [-0.2, -0.15) is 0 Å². The maximum Gasteiger partial charge on any atom is 0.334 e. The normalized spacial score (nSPS) is 23.8. The van der Waals surface area contributed by atoms with Crippen molar-refractivity contribution in [1.29, 1.82) is 0 Å². The van der Waals surface area contributed by atoms with Gasteiger partial charge in [-0.05, 0) is 24.6 Å². The van der Waals surface area contributed by atoms with Crippen molar-refractivity contribution in [3.63, 3.8) is 0 Å². The van der Waals surface area contributed by atoms with Gasteiger partial charge in [-0.25, -0.2) is 9.18 Å². The first kappa shape index (κ1) is 17.3. The number of nitrogens with zero attached hydrogens (tertiary/aromatic N) is 2. The standard InChI is InChI=1S/C17H19FN2O5/c1-10-2-3-13(12(18)6-10)20-8-11(7-15(20)21)16(22)19-4-5-25-14(9-19)17(23)24/h2-3,6,11,14H,4-5,7-9H2,1H3,(H,23,24)/t11-,14+/m0/s1. The summed E-state index contributed by atoms with van der Waals surface area (Å²) in [6.07, 6.45) is -1.07. The minimum Gasteiger partial charge on any atom is -0.479 e. The molecule has 2 aliphatic rings. The number of benzene rings is 1. The van der Waals surface area contributed by atoms with E-state index >= 15 is 0 Å². The van der Waals surface area contributed by atoms with Crippen molar-refractivity contribution in [3.05, 3.63) is 29.6 Å². The fourth-order valence-electron chi connectivity index (χ4n) is 3.19. The van der Waals surface area contributed by atoms with Crippen LogP contribution in [0.15, 0.2) is 18.2 Å². The number of hydrogen-bond acceptors (Lipinski definition) is 4. The fourth-order valence-corrected chi connectivity index (χ4v) is 3.19. The summed E-state index contributed by atoms with van der Waals surface area (Å²) in [4.78, 5) is 38.6. The maximum atomic E-state index is 14.1. The highest BCUT2D eigenvalue weighted by molar-refractivity contribution is 6.00. The van der Waals surface area contributed by atoms with E-state index in [0.29, 0.717) is 0 Å². The Morgan fingerprint density at radius 1 is 1.32 bits per heavy atom. The van der Waals surface area contributed by atoms with Gasteiger partial charge in [0.05, 0.1) is 24.8 Å². The average Bonchev–Trinajstić information content (AvgIpc) is 2.96. The zero-order valence-electron chi connectivity index (χ0n) is 13.8. The van der Waals surface area contributed by atoms with E-state index in [4.69, 9.17) is 9.84 Å². The second-order valence-electron chi connectivity index (χ2n) is 6.34. The lowest BCUT2D eigenvalue weighted by atomic mass is 10.1. The van der Waals surface area contributed by atoms with Crippen molar-refractivity contribution in [2.75, 3.05) is 31.1 Å². The van der Waals surface area contributed by atoms with Gasteiger partial charge in [0.15, 0.2) is 6.10 Å². The van der Waals surface area contributed by atoms with Crippen LogP contribution in [0, 0.1) is 18.7 Å². The lowest BCUT2D eigenvalue weighted by Crippen LogP contribution is -2.50. The van der Waals surface area contributed by atoms with Gasteiger partial charge in [-0.1, -0.05) is 6.07 Å². The number of ether oxygens (including phenoxy) is 1. The van der Waals surface area contributed by atoms with Crippen LogP contribution in [0.4, 0.5) is 10.1 Å². The first-order valence-electron chi connectivity index (χ1n) is 8.06. The third kappa shape index (κ3) is 3.48. The molecule has 0 spiro atoms. The predicted octanol–water partition coefficient (Wildman–Crippen LogP) is 0.799. The highest BCUT2D eigenvalue weighted by Gasteiger charge is 2.40. The van der Waals surface area contributed by atoms with Crippen molar-refractivity contribution in [1.82, 2.24) is 4.90 Å². The van der Waals surface area contributed by atoms with Crippen molar-refractivity contribution < 1.29 is 28.6 Å². The molecule has 0 aliphatic carbocycles. The van der Waals surface area contributed by atoms with Crippen LogP contribution in [0.25, 0.3) is 0 Å². The summed E-state index contributed by atoms with van der Waals surface area (Å²) in [7, 11) is 0. The number of anilines is 1. The first-order chi connectivity index (χ1) is 11.9. The summed E-state index contributed by atoms with van der Waals surface area (Å²) in [5.41, 5.74) is 0.907. The molecule has 7 nitrogen and oxygen atoms in total. The predicted molar refractivity (Wildman–Crippen MR) is 85.6 cm³/mol. The number of halogens is 1. The maximum absolute atomic E-state index is 14.1. The lowest BCUT2D eigenvalue weighted by molar-refractivity contribution is -0.160. The van der Waals surface area contributed by atoms with Crippen LogP contribution >= 0.6 is 0 Å². The molecule has 1 aromatic rings. The number of carboxylic acid groups (broad SMARTS) is 1. The second kappa shape index (κ2) is 6.79. The van der Waals surface area contributed by atoms with Crippen molar-refractivity contribution >= 4 is 23.5 Å². The molecule has 1 aromatic carbocycles. The van der Waals surface area contributed by atoms with E-state index in [1.165, 1.54) is 21.9 Å². The number of carbonyl (C=O) groups is 3. The smallest absolute Gasteiger partial charge is 0.334 e. The van der Waals surface area contributed by atoms with Crippen LogP contribution in [-0.4, -0.2) is 60.1 Å². The van der Waals surface area contributed by atoms with Crippen molar-refractivity contribution in [3.8, 4) is 0 Å². The number of carbonyl (C=O) groups excluding carboxylic acids is 2. The van der Waals surface area contributed by atoms with Gasteiger partial charge in [0.2, 0.25) is 11.8 Å². The Morgan fingerprint density at radius 3 is 2.76 bits per heavy atom. The van der Waals surface area contributed by atoms with Gasteiger partial charge < -0.3 is 19.6 Å². The summed E-state index contributed by atoms with van der Waals surface area (Å²) in [6, 6.07) is 4.59. The van der Waals surface area contributed by atoms with Crippen LogP contribution in [0.3, 0.4) is 0 Å². The summed E-state index contributed by atoms with van der Waals surface area (Å²) < 4.78 is 19.2. The second-order valence-corrected chi connectivity index (χ2v) is 6.34. The number of aryl methyl sites for hydroxylation is 1. The Bertz CT molecular complexity index is 723. The highest BCUT2D eigenvalue weighted by Crippen LogP contribution is 2.29. The molecular weight excluding hydrogens is 331 g/mol. The lowest BCUT2D eigenvalue weighted by Gasteiger charge is -2.32. The van der Waals surface area contributed by atoms with Gasteiger partial charge >= 0.3 is 5.97 Å². The Morgan fingerprint density at radius 2 is 2.08 bits per heavy atom. The molecule has 2 heterocycles. The fraction of sp³-hybridized carbons (Fsp3) is 0.471. The summed E-state index contributed by atoms with van der Waals surface area (Å²) >= 11 is 0. The molecule has 25 heavy (non-hydrogen) atoms. The Hall–Kier alpha value is -2.48. The topological polar surface area (TPSA) is 87.2 Å². The van der Waals surface area contributed by atoms with Gasteiger partial charge in [0.1, 0.15) is 5.82 Å². The number of hydrogen-bond donors (Lipinski definition) is 1. The third-order valence-corrected chi connectivity index (χ3v) is 4.52. The molecule has 0 bridgehead atoms. The Labute approximate surface area is 144 Å². The molecule has 1 N–H and O–H groups in total. The zero-order valence-corrected chi connectivity index (χ0v) is 13.8. The van der Waals surface area contributed by atoms with E-state index in [9.17, 15) is 18.8 Å². The van der Waals surface area contributed by atoms with E-state index in [2.05, 4.69) is 0 Å². The molecule has 134 valence electrons. The van der Waals surface area contributed by atoms with Crippen molar-refractivity contribution in [2.45, 2.75) is 19.4 Å². The number of carboxylic acids is 1. The SMILES string of the molecule is Cc1ccc(N2C[C@@H](C(=O)N3CCO[C@@H](C(=O)O)C3)CC2=O)c(F)c1. The molecule has 2 atom stereocenters. The number of aliphatic carboxylic acids is 1. The highest BCUT2D eigenvalue weighted by atomic mass is 19.1. The molecule has 0 unspecified atom stereocenters. The number of rotatable bonds is 3. The number of morpholine rings is 1. The molecule has 0 saturated carbocycles. The average molecular weight is 350 g/mol. The van der Waals surface area contributed by atoms with Gasteiger partial charge in [0.25, 0.3) is 0 Å². The zero-order chi connectivity index (χ0) is 18.1. The molecule has 2 saturated heterocycles. The minimum atomic E-state index is -1.12. The molecule has 0 radical (unpaired) electrons. The minimum absolute atomic E-state index is 0.0127. The summed E-state index contributed by atoms with van der Waals surface area (Å²) in [5.74, 6) is -2.84. The molecular formula is C17H19FN2O5. The van der Waals surface area contributed by atoms with Crippen LogP contribution < -0.4 is 4.90 Å². The van der Waals surface area contributed by atoms with Gasteiger partial charge in [0, 0.05) is 19.5 Å². The molecule has 2 aliphatic heterocycles. The molecule has 8 heteroatoms. The quantitative estimate of drug-likeness (QED) is 0.871. The van der Waals surface area contributed by atoms with Crippen LogP contribution in [0.5, 0.6) is 0 Å². The summed E-state index contributed by atoms with van der Waals surface area (Å²) in [5, 5.41) is 9.02. The van der Waals surface area contributed by atoms with E-state index in [1.807, 2.05) is 0 Å². The molecule has 2 amide bonds. The summed E-state index contributed by atoms with van der Waals surface area (Å²) in [6.45, 7) is 2.22. The van der Waals surface area contributed by atoms with Crippen LogP contribution in [0.2, 0.25) is 0 Å². The van der Waals surface area contributed by atoms with Gasteiger partial charge in [-0.3, -0.25) is 9.59 Å². The van der Waals surface area contributed by atoms with E-state index < -0.39 is 23.8 Å². The van der Waals surface area contributed by atoms with Crippen LogP contribution in [0.1, 0.15) is 12.0 Å². The molecule has 2 fully saturated rings. The largest absolute Gasteiger partial charge is 0.479 e. The van der Waals surface area contributed by atoms with Crippen LogP contribution in [-0.2, 0) is 19.1 Å². The Kier molecular flexibility index (Phi) is 4.71. The first-order valence-corrected chi connectivity index (χ1v) is 8.06. The van der Waals surface area contributed by atoms with E-state index in [-0.39, 0.29) is 50.2 Å². The van der Waals surface area contributed by atoms with Crippen molar-refractivity contribution in [2.24, 2.45) is 5.92 Å². The Balaban J connectivity index is 1.71. The molecule has 3 rings (SSSR count). The monoisotopic (exact) mass is 350 g/mol. The van der Waals surface area contributed by atoms with E-state index in [0.717, 1.165) is 5.56 Å². The van der Waals surface area contributed by atoms with Gasteiger partial charge in [-0.15, -0.1) is 0 Å². The molecule has 0 aromatic heterocycles. The number of amides is 2.